The molecule has 1 fully saturated rings. The number of nitriles is 1. The van der Waals surface area contributed by atoms with Crippen LogP contribution < -0.4 is 4.90 Å². The summed E-state index contributed by atoms with van der Waals surface area (Å²) in [4.78, 5) is 6.68. The van der Waals surface area contributed by atoms with Crippen molar-refractivity contribution in [3.63, 3.8) is 0 Å². The van der Waals surface area contributed by atoms with Crippen molar-refractivity contribution in [3.8, 4) is 6.07 Å². The van der Waals surface area contributed by atoms with Crippen LogP contribution >= 0.6 is 0 Å². The zero-order valence-electron chi connectivity index (χ0n) is 12.6. The lowest BCUT2D eigenvalue weighted by atomic mass is 9.97. The molecule has 3 aromatic rings. The van der Waals surface area contributed by atoms with E-state index < -0.39 is 0 Å². The lowest BCUT2D eigenvalue weighted by molar-refractivity contribution is 0.486. The summed E-state index contributed by atoms with van der Waals surface area (Å²) < 4.78 is 2.07. The third kappa shape index (κ3) is 2.50. The van der Waals surface area contributed by atoms with Crippen LogP contribution in [0.1, 0.15) is 30.1 Å². The lowest BCUT2D eigenvalue weighted by Crippen LogP contribution is -2.35. The summed E-state index contributed by atoms with van der Waals surface area (Å²) in [6, 6.07) is 11.8. The molecule has 0 spiro atoms. The molecule has 6 nitrogen and oxygen atoms in total. The first kappa shape index (κ1) is 13.7. The molecule has 3 aromatic heterocycles. The number of fused-ring (bicyclic) bond motifs is 1. The molecule has 1 saturated heterocycles. The average molecular weight is 304 g/mol. The maximum Gasteiger partial charge on any atom is 0.160 e. The second kappa shape index (κ2) is 5.69. The Morgan fingerprint density at radius 1 is 1.17 bits per heavy atom. The highest BCUT2D eigenvalue weighted by atomic mass is 15.3. The second-order valence-electron chi connectivity index (χ2n) is 5.79. The van der Waals surface area contributed by atoms with Crippen molar-refractivity contribution in [2.75, 3.05) is 18.0 Å². The van der Waals surface area contributed by atoms with Gasteiger partial charge in [0.15, 0.2) is 5.65 Å². The number of hydrogen-bond donors (Lipinski definition) is 0. The molecular weight excluding hydrogens is 288 g/mol. The van der Waals surface area contributed by atoms with E-state index in [1.54, 1.807) is 6.20 Å². The topological polar surface area (TPSA) is 70.1 Å². The van der Waals surface area contributed by atoms with E-state index in [4.69, 9.17) is 5.26 Å². The van der Waals surface area contributed by atoms with Crippen molar-refractivity contribution in [1.29, 1.82) is 5.26 Å². The third-order valence-corrected chi connectivity index (χ3v) is 4.33. The number of nitrogens with zero attached hydrogens (tertiary/aromatic N) is 6. The Kier molecular flexibility index (Phi) is 3.39. The van der Waals surface area contributed by atoms with Gasteiger partial charge in [0.05, 0.1) is 5.56 Å². The molecule has 1 unspecified atom stereocenters. The number of piperidine rings is 1. The van der Waals surface area contributed by atoms with Crippen LogP contribution in [0.5, 0.6) is 0 Å². The summed E-state index contributed by atoms with van der Waals surface area (Å²) in [5.41, 5.74) is 1.47. The van der Waals surface area contributed by atoms with E-state index in [1.807, 2.05) is 36.5 Å². The highest BCUT2D eigenvalue weighted by molar-refractivity contribution is 5.43. The van der Waals surface area contributed by atoms with Crippen molar-refractivity contribution in [1.82, 2.24) is 19.6 Å². The van der Waals surface area contributed by atoms with Gasteiger partial charge in [0, 0.05) is 31.4 Å². The number of anilines is 1. The molecule has 1 aliphatic rings. The van der Waals surface area contributed by atoms with Gasteiger partial charge >= 0.3 is 0 Å². The van der Waals surface area contributed by atoms with Gasteiger partial charge in [-0.05, 0) is 37.1 Å². The average Bonchev–Trinajstić information content (AvgIpc) is 3.06. The zero-order chi connectivity index (χ0) is 15.6. The van der Waals surface area contributed by atoms with Crippen LogP contribution in [-0.2, 0) is 0 Å². The molecule has 0 aromatic carbocycles. The number of hydrogen-bond acceptors (Lipinski definition) is 5. The minimum Gasteiger partial charge on any atom is -0.356 e. The zero-order valence-corrected chi connectivity index (χ0v) is 12.6. The highest BCUT2D eigenvalue weighted by Crippen LogP contribution is 2.28. The molecule has 1 atom stereocenters. The molecule has 23 heavy (non-hydrogen) atoms. The summed E-state index contributed by atoms with van der Waals surface area (Å²) in [6.07, 6.45) is 5.84. The minimum atomic E-state index is 0.332. The predicted molar refractivity (Wildman–Crippen MR) is 86.1 cm³/mol. The van der Waals surface area contributed by atoms with Gasteiger partial charge in [-0.1, -0.05) is 6.07 Å². The van der Waals surface area contributed by atoms with E-state index >= 15 is 0 Å². The second-order valence-corrected chi connectivity index (χ2v) is 5.79. The van der Waals surface area contributed by atoms with E-state index in [2.05, 4.69) is 30.6 Å². The quantitative estimate of drug-likeness (QED) is 0.727. The fraction of sp³-hybridized carbons (Fsp3) is 0.294. The number of aromatic nitrogens is 4. The SMILES string of the molecule is N#Cc1ccc(N2CCCC(c3nnc4ccccn34)C2)nc1. The standard InChI is InChI=1S/C17H16N6/c18-10-13-6-7-15(19-11-13)22-8-3-4-14(12-22)17-21-20-16-5-1-2-9-23(16)17/h1-2,5-7,9,11,14H,3-4,8,12H2. The predicted octanol–water partition coefficient (Wildman–Crippen LogP) is 2.38. The van der Waals surface area contributed by atoms with Gasteiger partial charge in [-0.2, -0.15) is 5.26 Å². The van der Waals surface area contributed by atoms with Crippen molar-refractivity contribution in [2.45, 2.75) is 18.8 Å². The molecule has 0 aliphatic carbocycles. The van der Waals surface area contributed by atoms with Crippen LogP contribution in [0.25, 0.3) is 5.65 Å². The van der Waals surface area contributed by atoms with Gasteiger partial charge in [-0.3, -0.25) is 4.40 Å². The Morgan fingerprint density at radius 2 is 2.13 bits per heavy atom. The fourth-order valence-electron chi connectivity index (χ4n) is 3.17. The van der Waals surface area contributed by atoms with E-state index in [-0.39, 0.29) is 0 Å². The molecule has 0 radical (unpaired) electrons. The summed E-state index contributed by atoms with van der Waals surface area (Å²) in [5.74, 6) is 2.26. The summed E-state index contributed by atoms with van der Waals surface area (Å²) in [7, 11) is 0. The van der Waals surface area contributed by atoms with Crippen LogP contribution in [0, 0.1) is 11.3 Å². The molecule has 4 rings (SSSR count). The first-order valence-electron chi connectivity index (χ1n) is 7.76. The van der Waals surface area contributed by atoms with Crippen LogP contribution in [-0.4, -0.2) is 32.7 Å². The number of pyridine rings is 2. The van der Waals surface area contributed by atoms with E-state index in [9.17, 15) is 0 Å². The largest absolute Gasteiger partial charge is 0.356 e. The fourth-order valence-corrected chi connectivity index (χ4v) is 3.17. The van der Waals surface area contributed by atoms with Crippen LogP contribution in [0.2, 0.25) is 0 Å². The smallest absolute Gasteiger partial charge is 0.160 e. The lowest BCUT2D eigenvalue weighted by Gasteiger charge is -2.32. The highest BCUT2D eigenvalue weighted by Gasteiger charge is 2.25. The normalized spacial score (nSPS) is 18.0. The Bertz CT molecular complexity index is 861. The molecule has 1 aliphatic heterocycles. The van der Waals surface area contributed by atoms with Gasteiger partial charge in [-0.25, -0.2) is 4.98 Å². The monoisotopic (exact) mass is 304 g/mol. The van der Waals surface area contributed by atoms with Crippen LogP contribution in [0.3, 0.4) is 0 Å². The van der Waals surface area contributed by atoms with Gasteiger partial charge < -0.3 is 4.90 Å². The first-order valence-corrected chi connectivity index (χ1v) is 7.76. The minimum absolute atomic E-state index is 0.332. The van der Waals surface area contributed by atoms with E-state index in [0.29, 0.717) is 11.5 Å². The van der Waals surface area contributed by atoms with Gasteiger partial charge in [0.1, 0.15) is 17.7 Å². The Hall–Kier alpha value is -2.94. The summed E-state index contributed by atoms with van der Waals surface area (Å²) in [6.45, 7) is 1.85. The van der Waals surface area contributed by atoms with Crippen molar-refractivity contribution < 1.29 is 0 Å². The van der Waals surface area contributed by atoms with E-state index in [1.165, 1.54) is 0 Å². The Balaban J connectivity index is 1.60. The van der Waals surface area contributed by atoms with E-state index in [0.717, 1.165) is 43.2 Å². The van der Waals surface area contributed by atoms with Crippen molar-refractivity contribution >= 4 is 11.5 Å². The van der Waals surface area contributed by atoms with Crippen LogP contribution in [0.15, 0.2) is 42.7 Å². The Labute approximate surface area is 134 Å². The molecule has 0 amide bonds. The van der Waals surface area contributed by atoms with Crippen molar-refractivity contribution in [2.24, 2.45) is 0 Å². The molecule has 0 bridgehead atoms. The van der Waals surface area contributed by atoms with Gasteiger partial charge in [0.25, 0.3) is 0 Å². The molecule has 0 N–H and O–H groups in total. The maximum atomic E-state index is 8.88. The molecule has 0 saturated carbocycles. The summed E-state index contributed by atoms with van der Waals surface area (Å²) >= 11 is 0. The third-order valence-electron chi connectivity index (χ3n) is 4.33. The Morgan fingerprint density at radius 3 is 2.96 bits per heavy atom. The number of rotatable bonds is 2. The molecule has 6 heteroatoms. The molecular formula is C17H16N6. The maximum absolute atomic E-state index is 8.88. The first-order chi connectivity index (χ1) is 11.3. The van der Waals surface area contributed by atoms with Gasteiger partial charge in [0.2, 0.25) is 0 Å². The molecule has 114 valence electrons. The van der Waals surface area contributed by atoms with Crippen LogP contribution in [0.4, 0.5) is 5.82 Å². The van der Waals surface area contributed by atoms with Crippen molar-refractivity contribution in [3.05, 3.63) is 54.1 Å². The molecule has 4 heterocycles. The van der Waals surface area contributed by atoms with Gasteiger partial charge in [-0.15, -0.1) is 10.2 Å². The summed E-state index contributed by atoms with van der Waals surface area (Å²) in [5, 5.41) is 17.5.